The molecule has 1 saturated heterocycles. The highest BCUT2D eigenvalue weighted by molar-refractivity contribution is 5.73. The van der Waals surface area contributed by atoms with Crippen LogP contribution in [0.3, 0.4) is 0 Å². The molecule has 8 heteroatoms. The molecule has 1 aliphatic rings. The molecule has 0 aromatic heterocycles. The van der Waals surface area contributed by atoms with Crippen molar-refractivity contribution in [2.24, 2.45) is 0 Å². The number of hydrogen-bond acceptors (Lipinski definition) is 3. The Kier molecular flexibility index (Phi) is 6.18. The van der Waals surface area contributed by atoms with Gasteiger partial charge in [-0.3, -0.25) is 0 Å². The van der Waals surface area contributed by atoms with Crippen LogP contribution in [0.4, 0.5) is 17.6 Å². The number of nitrogens with one attached hydrogen (secondary N) is 1. The molecule has 2 N–H and O–H groups in total. The minimum atomic E-state index is -5.08. The summed E-state index contributed by atoms with van der Waals surface area (Å²) in [7, 11) is 0. The lowest BCUT2D eigenvalue weighted by atomic mass is 10.2. The van der Waals surface area contributed by atoms with Crippen LogP contribution < -0.4 is 5.32 Å². The zero-order valence-electron chi connectivity index (χ0n) is 7.68. The molecule has 0 spiro atoms. The average molecular weight is 233 g/mol. The van der Waals surface area contributed by atoms with E-state index in [2.05, 4.69) is 5.32 Å². The Morgan fingerprint density at radius 2 is 1.93 bits per heavy atom. The highest BCUT2D eigenvalue weighted by atomic mass is 19.4. The third-order valence-corrected chi connectivity index (χ3v) is 1.42. The molecule has 0 bridgehead atoms. The Morgan fingerprint density at radius 3 is 2.13 bits per heavy atom. The smallest absolute Gasteiger partial charge is 0.475 e. The van der Waals surface area contributed by atoms with E-state index in [1.54, 1.807) is 0 Å². The van der Waals surface area contributed by atoms with E-state index < -0.39 is 12.1 Å². The number of carboxylic acids is 1. The van der Waals surface area contributed by atoms with Gasteiger partial charge in [-0.25, -0.2) is 9.18 Å². The van der Waals surface area contributed by atoms with Gasteiger partial charge in [-0.1, -0.05) is 0 Å². The summed E-state index contributed by atoms with van der Waals surface area (Å²) in [6, 6.07) is 0. The third kappa shape index (κ3) is 7.09. The van der Waals surface area contributed by atoms with Crippen LogP contribution in [0.15, 0.2) is 0 Å². The summed E-state index contributed by atoms with van der Waals surface area (Å²) >= 11 is 0. The minimum Gasteiger partial charge on any atom is -0.475 e. The standard InChI is InChI=1S/C5H10FNO.C2HF3O2/c6-1-2-8-5-3-7-4-5;3-2(4,5)1(6)7/h5,7H,1-4H2;(H,6,7). The summed E-state index contributed by atoms with van der Waals surface area (Å²) < 4.78 is 48.1. The third-order valence-electron chi connectivity index (χ3n) is 1.42. The Hall–Kier alpha value is -0.890. The van der Waals surface area contributed by atoms with Gasteiger partial charge in [0.15, 0.2) is 0 Å². The van der Waals surface area contributed by atoms with Gasteiger partial charge in [0.1, 0.15) is 6.67 Å². The van der Waals surface area contributed by atoms with Crippen molar-refractivity contribution in [1.82, 2.24) is 5.32 Å². The monoisotopic (exact) mass is 233 g/mol. The Morgan fingerprint density at radius 1 is 1.47 bits per heavy atom. The fraction of sp³-hybridized carbons (Fsp3) is 0.857. The largest absolute Gasteiger partial charge is 0.490 e. The molecule has 1 fully saturated rings. The molecule has 4 nitrogen and oxygen atoms in total. The highest BCUT2D eigenvalue weighted by Gasteiger charge is 2.38. The number of rotatable bonds is 3. The lowest BCUT2D eigenvalue weighted by Gasteiger charge is -2.26. The van der Waals surface area contributed by atoms with E-state index in [1.165, 1.54) is 0 Å². The van der Waals surface area contributed by atoms with Crippen LogP contribution in [0.5, 0.6) is 0 Å². The van der Waals surface area contributed by atoms with Crippen molar-refractivity contribution >= 4 is 5.97 Å². The van der Waals surface area contributed by atoms with Gasteiger partial charge < -0.3 is 15.2 Å². The van der Waals surface area contributed by atoms with E-state index >= 15 is 0 Å². The van der Waals surface area contributed by atoms with Crippen molar-refractivity contribution in [3.63, 3.8) is 0 Å². The molecule has 0 saturated carbocycles. The van der Waals surface area contributed by atoms with E-state index in [-0.39, 0.29) is 19.4 Å². The fourth-order valence-electron chi connectivity index (χ4n) is 0.591. The number of carboxylic acid groups (broad SMARTS) is 1. The molecule has 0 atom stereocenters. The Balaban J connectivity index is 0.000000265. The Labute approximate surface area is 83.2 Å². The van der Waals surface area contributed by atoms with Gasteiger partial charge in [-0.05, 0) is 0 Å². The molecular weight excluding hydrogens is 222 g/mol. The Bertz CT molecular complexity index is 193. The molecule has 15 heavy (non-hydrogen) atoms. The van der Waals surface area contributed by atoms with Crippen molar-refractivity contribution in [1.29, 1.82) is 0 Å². The van der Waals surface area contributed by atoms with Crippen LogP contribution in [0.25, 0.3) is 0 Å². The first-order valence-electron chi connectivity index (χ1n) is 4.06. The van der Waals surface area contributed by atoms with Crippen LogP contribution in [0.1, 0.15) is 0 Å². The second kappa shape index (κ2) is 6.57. The molecule has 0 amide bonds. The first-order valence-corrected chi connectivity index (χ1v) is 4.06. The summed E-state index contributed by atoms with van der Waals surface area (Å²) in [5, 5.41) is 10.1. The molecule has 1 aliphatic heterocycles. The number of halogens is 4. The lowest BCUT2D eigenvalue weighted by Crippen LogP contribution is -2.48. The summed E-state index contributed by atoms with van der Waals surface area (Å²) in [5.74, 6) is -2.76. The molecule has 1 heterocycles. The predicted molar refractivity (Wildman–Crippen MR) is 42.3 cm³/mol. The van der Waals surface area contributed by atoms with Crippen LogP contribution in [-0.2, 0) is 9.53 Å². The van der Waals surface area contributed by atoms with Gasteiger partial charge in [0, 0.05) is 13.1 Å². The maximum absolute atomic E-state index is 11.4. The van der Waals surface area contributed by atoms with Crippen LogP contribution in [0, 0.1) is 0 Å². The maximum atomic E-state index is 11.4. The lowest BCUT2D eigenvalue weighted by molar-refractivity contribution is -0.192. The zero-order valence-corrected chi connectivity index (χ0v) is 7.68. The van der Waals surface area contributed by atoms with Crippen LogP contribution >= 0.6 is 0 Å². The summed E-state index contributed by atoms with van der Waals surface area (Å²) in [5.41, 5.74) is 0. The number of carbonyl (C=O) groups is 1. The number of hydrogen-bond donors (Lipinski definition) is 2. The average Bonchev–Trinajstić information content (AvgIpc) is 2.01. The van der Waals surface area contributed by atoms with Gasteiger partial charge in [0.05, 0.1) is 12.7 Å². The molecular formula is C7H11F4NO3. The number of aliphatic carboxylic acids is 1. The SMILES string of the molecule is FCCOC1CNC1.O=C(O)C(F)(F)F. The first kappa shape index (κ1) is 14.1. The quantitative estimate of drug-likeness (QED) is 0.700. The van der Waals surface area contributed by atoms with E-state index in [9.17, 15) is 17.6 Å². The van der Waals surface area contributed by atoms with E-state index in [0.29, 0.717) is 0 Å². The molecule has 0 aromatic carbocycles. The van der Waals surface area contributed by atoms with Crippen LogP contribution in [0.2, 0.25) is 0 Å². The second-order valence-corrected chi connectivity index (χ2v) is 2.64. The minimum absolute atomic E-state index is 0.256. The van der Waals surface area contributed by atoms with E-state index in [1.807, 2.05) is 0 Å². The van der Waals surface area contributed by atoms with Crippen molar-refractivity contribution in [3.05, 3.63) is 0 Å². The fourth-order valence-corrected chi connectivity index (χ4v) is 0.591. The van der Waals surface area contributed by atoms with Gasteiger partial charge in [0.25, 0.3) is 0 Å². The number of ether oxygens (including phenoxy) is 1. The van der Waals surface area contributed by atoms with E-state index in [0.717, 1.165) is 13.1 Å². The highest BCUT2D eigenvalue weighted by Crippen LogP contribution is 2.13. The van der Waals surface area contributed by atoms with Crippen molar-refractivity contribution in [3.8, 4) is 0 Å². The van der Waals surface area contributed by atoms with E-state index in [4.69, 9.17) is 14.6 Å². The van der Waals surface area contributed by atoms with Gasteiger partial charge >= 0.3 is 12.1 Å². The summed E-state index contributed by atoms with van der Waals surface area (Å²) in [6.07, 6.45) is -4.80. The van der Waals surface area contributed by atoms with Crippen LogP contribution in [-0.4, -0.2) is 49.7 Å². The molecule has 1 rings (SSSR count). The summed E-state index contributed by atoms with van der Waals surface area (Å²) in [6.45, 7) is 1.67. The van der Waals surface area contributed by atoms with Crippen molar-refractivity contribution in [2.75, 3.05) is 26.4 Å². The first-order chi connectivity index (χ1) is 6.88. The van der Waals surface area contributed by atoms with Crippen molar-refractivity contribution in [2.45, 2.75) is 12.3 Å². The zero-order chi connectivity index (χ0) is 11.9. The molecule has 90 valence electrons. The van der Waals surface area contributed by atoms with Crippen molar-refractivity contribution < 1.29 is 32.2 Å². The number of alkyl halides is 4. The molecule has 0 aromatic rings. The predicted octanol–water partition coefficient (Wildman–Crippen LogP) is 0.578. The molecule has 0 aliphatic carbocycles. The molecule has 0 unspecified atom stereocenters. The van der Waals surface area contributed by atoms with Gasteiger partial charge in [-0.15, -0.1) is 0 Å². The second-order valence-electron chi connectivity index (χ2n) is 2.64. The summed E-state index contributed by atoms with van der Waals surface area (Å²) in [4.78, 5) is 8.90. The topological polar surface area (TPSA) is 58.6 Å². The maximum Gasteiger partial charge on any atom is 0.490 e. The normalized spacial score (nSPS) is 16.3. The van der Waals surface area contributed by atoms with Gasteiger partial charge in [-0.2, -0.15) is 13.2 Å². The van der Waals surface area contributed by atoms with Gasteiger partial charge in [0.2, 0.25) is 0 Å². The molecule has 0 radical (unpaired) electrons.